The first-order chi connectivity index (χ1) is 18.5. The van der Waals surface area contributed by atoms with Crippen molar-refractivity contribution in [3.63, 3.8) is 0 Å². The maximum absolute atomic E-state index is 15.6. The first-order valence-electron chi connectivity index (χ1n) is 14.7. The van der Waals surface area contributed by atoms with Crippen LogP contribution in [0.4, 0.5) is 4.39 Å². The van der Waals surface area contributed by atoms with E-state index in [2.05, 4.69) is 11.8 Å². The molecule has 2 aliphatic heterocycles. The lowest BCUT2D eigenvalue weighted by molar-refractivity contribution is -0.160. The van der Waals surface area contributed by atoms with Crippen LogP contribution in [0.3, 0.4) is 0 Å². The highest BCUT2D eigenvalue weighted by atomic mass is 19.1. The molecule has 2 aromatic rings. The van der Waals surface area contributed by atoms with Crippen molar-refractivity contribution in [1.29, 1.82) is 0 Å². The van der Waals surface area contributed by atoms with Gasteiger partial charge in [-0.1, -0.05) is 19.3 Å². The van der Waals surface area contributed by atoms with Crippen molar-refractivity contribution in [1.82, 2.24) is 4.90 Å². The van der Waals surface area contributed by atoms with Gasteiger partial charge in [-0.2, -0.15) is 0 Å². The Kier molecular flexibility index (Phi) is 7.82. The molecule has 39 heavy (non-hydrogen) atoms. The average Bonchev–Trinajstić information content (AvgIpc) is 2.91. The second kappa shape index (κ2) is 10.9. The third-order valence-corrected chi connectivity index (χ3v) is 9.08. The minimum absolute atomic E-state index is 0.348. The minimum atomic E-state index is -1.16. The standard InChI is InChI=1S/C33H44FNO4/c1-19-24-13-10-16-38-30(24)27(34)17-25(19)28-21(3)26-18-35(22-11-8-7-9-12-22)15-14-23(26)20(2)29(28)31(32(36)37)39-33(4,5)6/h17,22,31H,7-16,18H2,1-6H3,(H,36,37). The van der Waals surface area contributed by atoms with Gasteiger partial charge in [-0.05, 0) is 119 Å². The van der Waals surface area contributed by atoms with Crippen LogP contribution in [0.15, 0.2) is 6.07 Å². The molecule has 0 radical (unpaired) electrons. The van der Waals surface area contributed by atoms with E-state index in [-0.39, 0.29) is 5.82 Å². The van der Waals surface area contributed by atoms with E-state index >= 15 is 4.39 Å². The number of carboxylic acid groups (broad SMARTS) is 1. The Morgan fingerprint density at radius 3 is 2.41 bits per heavy atom. The molecule has 0 bridgehead atoms. The predicted molar refractivity (Wildman–Crippen MR) is 152 cm³/mol. The first-order valence-corrected chi connectivity index (χ1v) is 14.7. The molecule has 1 unspecified atom stereocenters. The van der Waals surface area contributed by atoms with Crippen LogP contribution in [0.5, 0.6) is 5.75 Å². The number of aliphatic carboxylic acids is 1. The zero-order chi connectivity index (χ0) is 28.1. The number of rotatable bonds is 5. The molecule has 0 aromatic heterocycles. The van der Waals surface area contributed by atoms with E-state index < -0.39 is 17.7 Å². The molecule has 5 rings (SSSR count). The molecule has 0 saturated heterocycles. The van der Waals surface area contributed by atoms with Crippen LogP contribution in [0.25, 0.3) is 11.1 Å². The normalized spacial score (nSPS) is 19.3. The molecule has 0 amide bonds. The highest BCUT2D eigenvalue weighted by Crippen LogP contribution is 2.46. The van der Waals surface area contributed by atoms with Crippen LogP contribution in [-0.4, -0.2) is 40.8 Å². The minimum Gasteiger partial charge on any atom is -0.490 e. The zero-order valence-corrected chi connectivity index (χ0v) is 24.5. The third kappa shape index (κ3) is 5.35. The van der Waals surface area contributed by atoms with Crippen LogP contribution in [-0.2, 0) is 28.9 Å². The summed E-state index contributed by atoms with van der Waals surface area (Å²) < 4.78 is 27.5. The van der Waals surface area contributed by atoms with E-state index in [4.69, 9.17) is 9.47 Å². The fourth-order valence-electron chi connectivity index (χ4n) is 7.18. The van der Waals surface area contributed by atoms with Gasteiger partial charge in [0.2, 0.25) is 0 Å². The number of carboxylic acids is 1. The van der Waals surface area contributed by atoms with Gasteiger partial charge in [0.1, 0.15) is 0 Å². The van der Waals surface area contributed by atoms with Crippen molar-refractivity contribution < 1.29 is 23.8 Å². The van der Waals surface area contributed by atoms with Crippen molar-refractivity contribution in [2.75, 3.05) is 13.2 Å². The largest absolute Gasteiger partial charge is 0.490 e. The zero-order valence-electron chi connectivity index (χ0n) is 24.5. The van der Waals surface area contributed by atoms with Gasteiger partial charge >= 0.3 is 5.97 Å². The molecule has 2 heterocycles. The molecule has 1 N–H and O–H groups in total. The number of ether oxygens (including phenoxy) is 2. The molecule has 0 spiro atoms. The van der Waals surface area contributed by atoms with Crippen molar-refractivity contribution >= 4 is 5.97 Å². The number of fused-ring (bicyclic) bond motifs is 2. The lowest BCUT2D eigenvalue weighted by Gasteiger charge is -2.40. The number of hydrogen-bond donors (Lipinski definition) is 1. The molecule has 5 nitrogen and oxygen atoms in total. The average molecular weight is 538 g/mol. The predicted octanol–water partition coefficient (Wildman–Crippen LogP) is 7.37. The van der Waals surface area contributed by atoms with Crippen molar-refractivity contribution in [2.24, 2.45) is 0 Å². The molecule has 1 aliphatic carbocycles. The van der Waals surface area contributed by atoms with E-state index in [1.165, 1.54) is 43.2 Å². The van der Waals surface area contributed by atoms with Gasteiger partial charge in [-0.15, -0.1) is 0 Å². The molecule has 1 atom stereocenters. The highest BCUT2D eigenvalue weighted by Gasteiger charge is 2.36. The Morgan fingerprint density at radius 1 is 1.03 bits per heavy atom. The van der Waals surface area contributed by atoms with Gasteiger partial charge in [0, 0.05) is 30.3 Å². The monoisotopic (exact) mass is 537 g/mol. The number of carbonyl (C=O) groups is 1. The summed E-state index contributed by atoms with van der Waals surface area (Å²) in [5.41, 5.74) is 7.97. The summed E-state index contributed by atoms with van der Waals surface area (Å²) in [6.45, 7) is 14.2. The van der Waals surface area contributed by atoms with Gasteiger partial charge in [-0.25, -0.2) is 9.18 Å². The van der Waals surface area contributed by atoms with Crippen molar-refractivity contribution in [2.45, 2.75) is 117 Å². The summed E-state index contributed by atoms with van der Waals surface area (Å²) >= 11 is 0. The lowest BCUT2D eigenvalue weighted by atomic mass is 9.78. The topological polar surface area (TPSA) is 59.0 Å². The van der Waals surface area contributed by atoms with Gasteiger partial charge < -0.3 is 14.6 Å². The molecule has 3 aliphatic rings. The van der Waals surface area contributed by atoms with E-state index in [1.54, 1.807) is 6.07 Å². The Balaban J connectivity index is 1.74. The fourth-order valence-corrected chi connectivity index (χ4v) is 7.18. The van der Waals surface area contributed by atoms with Crippen LogP contribution in [0, 0.1) is 26.6 Å². The van der Waals surface area contributed by atoms with E-state index in [0.29, 0.717) is 24.0 Å². The van der Waals surface area contributed by atoms with E-state index in [9.17, 15) is 9.90 Å². The second-order valence-corrected chi connectivity index (χ2v) is 12.7. The van der Waals surface area contributed by atoms with Crippen LogP contribution < -0.4 is 4.74 Å². The van der Waals surface area contributed by atoms with E-state index in [1.807, 2.05) is 34.6 Å². The maximum Gasteiger partial charge on any atom is 0.337 e. The van der Waals surface area contributed by atoms with Gasteiger partial charge in [-0.3, -0.25) is 4.90 Å². The van der Waals surface area contributed by atoms with Crippen molar-refractivity contribution in [3.8, 4) is 16.9 Å². The summed E-state index contributed by atoms with van der Waals surface area (Å²) in [7, 11) is 0. The number of hydrogen-bond acceptors (Lipinski definition) is 4. The Hall–Kier alpha value is -2.44. The molecule has 6 heteroatoms. The molecule has 212 valence electrons. The summed E-state index contributed by atoms with van der Waals surface area (Å²) in [6, 6.07) is 2.17. The molecular weight excluding hydrogens is 493 g/mol. The Bertz CT molecular complexity index is 1270. The number of halogens is 1. The molecule has 1 saturated carbocycles. The van der Waals surface area contributed by atoms with Crippen LogP contribution >= 0.6 is 0 Å². The van der Waals surface area contributed by atoms with Crippen LogP contribution in [0.1, 0.15) is 104 Å². The summed E-state index contributed by atoms with van der Waals surface area (Å²) in [5, 5.41) is 10.5. The summed E-state index contributed by atoms with van der Waals surface area (Å²) in [4.78, 5) is 15.4. The third-order valence-electron chi connectivity index (χ3n) is 9.08. The SMILES string of the molecule is Cc1c(-c2c(C)c3c(c(C)c2C(OC(C)(C)C)C(=O)O)CCN(C2CCCCC2)C3)cc(F)c2c1CCCO2. The number of benzene rings is 2. The highest BCUT2D eigenvalue weighted by molar-refractivity contribution is 5.85. The Morgan fingerprint density at radius 2 is 1.74 bits per heavy atom. The molecule has 2 aromatic carbocycles. The summed E-state index contributed by atoms with van der Waals surface area (Å²) in [5.74, 6) is -1.05. The Labute approximate surface area is 232 Å². The smallest absolute Gasteiger partial charge is 0.337 e. The maximum atomic E-state index is 15.6. The summed E-state index contributed by atoms with van der Waals surface area (Å²) in [6.07, 6.45) is 7.71. The van der Waals surface area contributed by atoms with Gasteiger partial charge in [0.05, 0.1) is 12.2 Å². The lowest BCUT2D eigenvalue weighted by Crippen LogP contribution is -2.41. The first kappa shape index (κ1) is 28.1. The molecular formula is C33H44FNO4. The van der Waals surface area contributed by atoms with Gasteiger partial charge in [0.15, 0.2) is 17.7 Å². The number of nitrogens with zero attached hydrogens (tertiary/aromatic N) is 1. The second-order valence-electron chi connectivity index (χ2n) is 12.7. The quantitative estimate of drug-likeness (QED) is 0.431. The van der Waals surface area contributed by atoms with Crippen LogP contribution in [0.2, 0.25) is 0 Å². The molecule has 1 fully saturated rings. The van der Waals surface area contributed by atoms with E-state index in [0.717, 1.165) is 65.7 Å². The fraction of sp³-hybridized carbons (Fsp3) is 0.606. The van der Waals surface area contributed by atoms with Gasteiger partial charge in [0.25, 0.3) is 0 Å². The van der Waals surface area contributed by atoms with Crippen molar-refractivity contribution in [3.05, 3.63) is 50.8 Å².